The van der Waals surface area contributed by atoms with Crippen LogP contribution in [0.1, 0.15) is 36.4 Å². The Morgan fingerprint density at radius 1 is 1.11 bits per heavy atom. The Hall–Kier alpha value is -0.900. The van der Waals surface area contributed by atoms with E-state index in [4.69, 9.17) is 0 Å². The quantitative estimate of drug-likeness (QED) is 0.701. The van der Waals surface area contributed by atoms with Crippen LogP contribution >= 0.6 is 0 Å². The van der Waals surface area contributed by atoms with Gasteiger partial charge in [0.15, 0.2) is 0 Å². The molecule has 0 bridgehead atoms. The number of benzene rings is 1. The maximum Gasteiger partial charge on any atom is 0.0854 e. The molecule has 0 aliphatic carbocycles. The molecular weight excluding hydrogens is 224 g/mol. The first kappa shape index (κ1) is 12.2. The van der Waals surface area contributed by atoms with Crippen molar-refractivity contribution in [3.05, 3.63) is 35.4 Å². The lowest BCUT2D eigenvalue weighted by molar-refractivity contribution is -0.0126. The summed E-state index contributed by atoms with van der Waals surface area (Å²) in [5, 5.41) is 17.9. The SMILES string of the molecule is OC1(C2NCCc3ccccc32)CCCNCC1. The van der Waals surface area contributed by atoms with Crippen LogP contribution in [0.3, 0.4) is 0 Å². The molecule has 18 heavy (non-hydrogen) atoms. The van der Waals surface area contributed by atoms with Gasteiger partial charge in [0, 0.05) is 0 Å². The molecule has 2 heterocycles. The Kier molecular flexibility index (Phi) is 3.37. The predicted molar refractivity (Wildman–Crippen MR) is 72.6 cm³/mol. The van der Waals surface area contributed by atoms with Crippen molar-refractivity contribution >= 4 is 0 Å². The second-order valence-electron chi connectivity index (χ2n) is 5.54. The van der Waals surface area contributed by atoms with E-state index in [2.05, 4.69) is 34.9 Å². The predicted octanol–water partition coefficient (Wildman–Crippen LogP) is 1.38. The van der Waals surface area contributed by atoms with Gasteiger partial charge in [-0.3, -0.25) is 0 Å². The van der Waals surface area contributed by atoms with Crippen LogP contribution in [0, 0.1) is 0 Å². The molecule has 0 spiro atoms. The third-order valence-electron chi connectivity index (χ3n) is 4.34. The summed E-state index contributed by atoms with van der Waals surface area (Å²) in [6.45, 7) is 2.91. The van der Waals surface area contributed by atoms with Gasteiger partial charge in [-0.2, -0.15) is 0 Å². The van der Waals surface area contributed by atoms with Crippen LogP contribution in [0.15, 0.2) is 24.3 Å². The van der Waals surface area contributed by atoms with E-state index in [1.165, 1.54) is 11.1 Å². The zero-order chi connectivity index (χ0) is 12.4. The second-order valence-corrected chi connectivity index (χ2v) is 5.54. The summed E-state index contributed by atoms with van der Waals surface area (Å²) in [5.41, 5.74) is 2.10. The molecule has 3 heteroatoms. The largest absolute Gasteiger partial charge is 0.388 e. The van der Waals surface area contributed by atoms with Crippen LogP contribution in [0.5, 0.6) is 0 Å². The highest BCUT2D eigenvalue weighted by Gasteiger charge is 2.39. The van der Waals surface area contributed by atoms with Gasteiger partial charge in [0.1, 0.15) is 0 Å². The zero-order valence-electron chi connectivity index (χ0n) is 10.8. The van der Waals surface area contributed by atoms with Crippen LogP contribution < -0.4 is 10.6 Å². The molecule has 3 rings (SSSR count). The normalized spacial score (nSPS) is 32.6. The minimum absolute atomic E-state index is 0.0994. The van der Waals surface area contributed by atoms with E-state index in [0.717, 1.165) is 45.3 Å². The Morgan fingerprint density at radius 2 is 2.00 bits per heavy atom. The summed E-state index contributed by atoms with van der Waals surface area (Å²) in [7, 11) is 0. The fourth-order valence-electron chi connectivity index (χ4n) is 3.35. The molecule has 2 aliphatic rings. The molecule has 0 amide bonds. The smallest absolute Gasteiger partial charge is 0.0854 e. The lowest BCUT2D eigenvalue weighted by Crippen LogP contribution is -2.47. The molecular formula is C15H22N2O. The van der Waals surface area contributed by atoms with Crippen LogP contribution in [-0.2, 0) is 6.42 Å². The summed E-state index contributed by atoms with van der Waals surface area (Å²) < 4.78 is 0. The van der Waals surface area contributed by atoms with E-state index in [1.54, 1.807) is 0 Å². The minimum Gasteiger partial charge on any atom is -0.388 e. The van der Waals surface area contributed by atoms with Gasteiger partial charge in [-0.25, -0.2) is 0 Å². The van der Waals surface area contributed by atoms with Gasteiger partial charge < -0.3 is 15.7 Å². The average Bonchev–Trinajstić information content (AvgIpc) is 2.64. The van der Waals surface area contributed by atoms with Crippen LogP contribution in [0.25, 0.3) is 0 Å². The summed E-state index contributed by atoms with van der Waals surface area (Å²) >= 11 is 0. The maximum atomic E-state index is 11.0. The van der Waals surface area contributed by atoms with E-state index in [-0.39, 0.29) is 6.04 Å². The topological polar surface area (TPSA) is 44.3 Å². The van der Waals surface area contributed by atoms with Crippen LogP contribution in [-0.4, -0.2) is 30.3 Å². The monoisotopic (exact) mass is 246 g/mol. The first-order valence-electron chi connectivity index (χ1n) is 7.04. The fraction of sp³-hybridized carbons (Fsp3) is 0.600. The van der Waals surface area contributed by atoms with Gasteiger partial charge >= 0.3 is 0 Å². The molecule has 0 saturated carbocycles. The minimum atomic E-state index is -0.597. The van der Waals surface area contributed by atoms with Crippen molar-refractivity contribution in [2.75, 3.05) is 19.6 Å². The Morgan fingerprint density at radius 3 is 2.94 bits per heavy atom. The Balaban J connectivity index is 1.92. The number of rotatable bonds is 1. The summed E-state index contributed by atoms with van der Waals surface area (Å²) in [6.07, 6.45) is 3.84. The standard InChI is InChI=1S/C15H22N2O/c18-15(7-3-9-16-11-8-15)14-13-5-2-1-4-12(13)6-10-17-14/h1-2,4-5,14,16-18H,3,6-11H2. The van der Waals surface area contributed by atoms with E-state index < -0.39 is 5.60 Å². The first-order valence-corrected chi connectivity index (χ1v) is 7.04. The number of nitrogens with one attached hydrogen (secondary N) is 2. The van der Waals surface area contributed by atoms with E-state index >= 15 is 0 Å². The molecule has 2 atom stereocenters. The second kappa shape index (κ2) is 5.00. The molecule has 3 nitrogen and oxygen atoms in total. The first-order chi connectivity index (χ1) is 8.80. The molecule has 1 aromatic rings. The van der Waals surface area contributed by atoms with Crippen molar-refractivity contribution in [2.24, 2.45) is 0 Å². The van der Waals surface area contributed by atoms with Gasteiger partial charge in [0.05, 0.1) is 11.6 Å². The number of hydrogen-bond donors (Lipinski definition) is 3. The van der Waals surface area contributed by atoms with E-state index in [1.807, 2.05) is 0 Å². The number of aliphatic hydroxyl groups is 1. The highest BCUT2D eigenvalue weighted by Crippen LogP contribution is 2.37. The van der Waals surface area contributed by atoms with E-state index in [0.29, 0.717) is 0 Å². The van der Waals surface area contributed by atoms with Gasteiger partial charge in [-0.05, 0) is 56.4 Å². The summed E-state index contributed by atoms with van der Waals surface area (Å²) in [4.78, 5) is 0. The third kappa shape index (κ3) is 2.18. The van der Waals surface area contributed by atoms with Crippen molar-refractivity contribution in [2.45, 2.75) is 37.3 Å². The third-order valence-corrected chi connectivity index (χ3v) is 4.34. The van der Waals surface area contributed by atoms with Crippen molar-refractivity contribution < 1.29 is 5.11 Å². The average molecular weight is 246 g/mol. The van der Waals surface area contributed by atoms with Gasteiger partial charge in [0.2, 0.25) is 0 Å². The summed E-state index contributed by atoms with van der Waals surface area (Å²) in [6, 6.07) is 8.64. The Labute approximate surface area is 109 Å². The fourth-order valence-corrected chi connectivity index (χ4v) is 3.35. The molecule has 0 aromatic heterocycles. The number of fused-ring (bicyclic) bond motifs is 1. The molecule has 1 fully saturated rings. The molecule has 98 valence electrons. The molecule has 3 N–H and O–H groups in total. The highest BCUT2D eigenvalue weighted by atomic mass is 16.3. The van der Waals surface area contributed by atoms with Crippen molar-refractivity contribution in [1.29, 1.82) is 0 Å². The Bertz CT molecular complexity index is 411. The molecule has 2 unspecified atom stereocenters. The number of hydrogen-bond acceptors (Lipinski definition) is 3. The molecule has 2 aliphatic heterocycles. The van der Waals surface area contributed by atoms with Crippen molar-refractivity contribution in [3.63, 3.8) is 0 Å². The van der Waals surface area contributed by atoms with Gasteiger partial charge in [-0.15, -0.1) is 0 Å². The van der Waals surface area contributed by atoms with Gasteiger partial charge in [0.25, 0.3) is 0 Å². The maximum absolute atomic E-state index is 11.0. The van der Waals surface area contributed by atoms with Crippen LogP contribution in [0.2, 0.25) is 0 Å². The molecule has 1 aromatic carbocycles. The lowest BCUT2D eigenvalue weighted by atomic mass is 9.79. The molecule has 1 saturated heterocycles. The van der Waals surface area contributed by atoms with Crippen molar-refractivity contribution in [3.8, 4) is 0 Å². The lowest BCUT2D eigenvalue weighted by Gasteiger charge is -2.39. The zero-order valence-corrected chi connectivity index (χ0v) is 10.8. The summed E-state index contributed by atoms with van der Waals surface area (Å²) in [5.74, 6) is 0. The van der Waals surface area contributed by atoms with E-state index in [9.17, 15) is 5.11 Å². The van der Waals surface area contributed by atoms with Crippen LogP contribution in [0.4, 0.5) is 0 Å². The molecule has 0 radical (unpaired) electrons. The van der Waals surface area contributed by atoms with Crippen molar-refractivity contribution in [1.82, 2.24) is 10.6 Å². The highest BCUT2D eigenvalue weighted by molar-refractivity contribution is 5.34. The van der Waals surface area contributed by atoms with Gasteiger partial charge in [-0.1, -0.05) is 24.3 Å².